The van der Waals surface area contributed by atoms with Crippen molar-refractivity contribution in [3.63, 3.8) is 0 Å². The van der Waals surface area contributed by atoms with Gasteiger partial charge in [-0.15, -0.1) is 0 Å². The highest BCUT2D eigenvalue weighted by Gasteiger charge is 2.29. The maximum Gasteiger partial charge on any atom is 0.303 e. The number of nitrogens with zero attached hydrogens (tertiary/aromatic N) is 1. The van der Waals surface area contributed by atoms with Gasteiger partial charge in [0.15, 0.2) is 0 Å². The minimum absolute atomic E-state index is 0.115. The van der Waals surface area contributed by atoms with E-state index in [1.165, 1.54) is 0 Å². The molecular weight excluding hydrogens is 268 g/mol. The molecule has 6 heteroatoms. The summed E-state index contributed by atoms with van der Waals surface area (Å²) < 4.78 is 0. The van der Waals surface area contributed by atoms with Gasteiger partial charge in [-0.05, 0) is 24.1 Å². The van der Waals surface area contributed by atoms with E-state index in [1.54, 1.807) is 24.3 Å². The lowest BCUT2D eigenvalue weighted by atomic mass is 9.96. The maximum atomic E-state index is 11.7. The minimum Gasteiger partial charge on any atom is -0.481 e. The van der Waals surface area contributed by atoms with Crippen LogP contribution in [0, 0.1) is 5.92 Å². The lowest BCUT2D eigenvalue weighted by Gasteiger charge is -2.37. The van der Waals surface area contributed by atoms with Crippen molar-refractivity contribution in [1.82, 2.24) is 4.90 Å². The van der Waals surface area contributed by atoms with Gasteiger partial charge in [0.25, 0.3) is 0 Å². The van der Waals surface area contributed by atoms with E-state index in [2.05, 4.69) is 5.32 Å². The summed E-state index contributed by atoms with van der Waals surface area (Å²) in [6, 6.07) is 6.96. The molecule has 2 N–H and O–H groups in total. The molecule has 0 aliphatic carbocycles. The Labute approximate surface area is 116 Å². The Bertz CT molecular complexity index is 487. The minimum atomic E-state index is -0.784. The molecule has 0 aromatic heterocycles. The smallest absolute Gasteiger partial charge is 0.303 e. The van der Waals surface area contributed by atoms with Gasteiger partial charge >= 0.3 is 5.97 Å². The Morgan fingerprint density at radius 3 is 2.79 bits per heavy atom. The van der Waals surface area contributed by atoms with Crippen molar-refractivity contribution >= 4 is 29.2 Å². The molecule has 1 aliphatic rings. The van der Waals surface area contributed by atoms with Crippen molar-refractivity contribution in [2.75, 3.05) is 25.0 Å². The van der Waals surface area contributed by atoms with Crippen LogP contribution in [0.2, 0.25) is 5.02 Å². The molecule has 2 rings (SSSR count). The van der Waals surface area contributed by atoms with E-state index in [-0.39, 0.29) is 24.8 Å². The fraction of sp³-hybridized carbons (Fsp3) is 0.385. The molecule has 0 radical (unpaired) electrons. The topological polar surface area (TPSA) is 69.6 Å². The molecule has 0 atom stereocenters. The Kier molecular flexibility index (Phi) is 4.39. The lowest BCUT2D eigenvalue weighted by Crippen LogP contribution is -2.50. The monoisotopic (exact) mass is 282 g/mol. The molecule has 0 bridgehead atoms. The molecular formula is C13H15ClN2O3. The molecule has 1 heterocycles. The summed E-state index contributed by atoms with van der Waals surface area (Å²) >= 11 is 5.82. The summed E-state index contributed by atoms with van der Waals surface area (Å²) in [5, 5.41) is 12.0. The van der Waals surface area contributed by atoms with E-state index in [1.807, 2.05) is 4.90 Å². The van der Waals surface area contributed by atoms with Gasteiger partial charge in [0.1, 0.15) is 0 Å². The second-order valence-corrected chi connectivity index (χ2v) is 5.15. The number of hydrogen-bond donors (Lipinski definition) is 2. The molecule has 1 fully saturated rings. The largest absolute Gasteiger partial charge is 0.481 e. The molecule has 1 amide bonds. The highest BCUT2D eigenvalue weighted by atomic mass is 35.5. The van der Waals surface area contributed by atoms with Crippen LogP contribution in [0.15, 0.2) is 24.3 Å². The molecule has 0 spiro atoms. The highest BCUT2D eigenvalue weighted by molar-refractivity contribution is 6.30. The number of benzene rings is 1. The molecule has 5 nitrogen and oxygen atoms in total. The molecule has 1 aromatic carbocycles. The summed E-state index contributed by atoms with van der Waals surface area (Å²) in [5.41, 5.74) is 0.667. The van der Waals surface area contributed by atoms with E-state index in [0.717, 1.165) is 0 Å². The molecule has 1 saturated heterocycles. The number of carbonyl (C=O) groups excluding carboxylic acids is 1. The van der Waals surface area contributed by atoms with E-state index < -0.39 is 5.97 Å². The predicted molar refractivity (Wildman–Crippen MR) is 72.3 cm³/mol. The molecule has 0 saturated carbocycles. The number of carbonyl (C=O) groups is 2. The number of anilines is 1. The van der Waals surface area contributed by atoms with Crippen LogP contribution in [0.5, 0.6) is 0 Å². The zero-order valence-corrected chi connectivity index (χ0v) is 11.1. The number of carboxylic acid groups (broad SMARTS) is 1. The van der Waals surface area contributed by atoms with Gasteiger partial charge < -0.3 is 10.4 Å². The first-order valence-corrected chi connectivity index (χ1v) is 6.40. The van der Waals surface area contributed by atoms with Crippen molar-refractivity contribution in [2.24, 2.45) is 5.92 Å². The normalized spacial score (nSPS) is 15.8. The molecule has 1 aliphatic heterocycles. The van der Waals surface area contributed by atoms with Crippen LogP contribution in [0.25, 0.3) is 0 Å². The van der Waals surface area contributed by atoms with Crippen molar-refractivity contribution in [1.29, 1.82) is 0 Å². The number of hydrogen-bond acceptors (Lipinski definition) is 3. The van der Waals surface area contributed by atoms with Gasteiger partial charge in [0.2, 0.25) is 5.91 Å². The Morgan fingerprint density at radius 2 is 2.16 bits per heavy atom. The van der Waals surface area contributed by atoms with Gasteiger partial charge in [-0.1, -0.05) is 17.7 Å². The number of nitrogens with one attached hydrogen (secondary N) is 1. The van der Waals surface area contributed by atoms with Crippen LogP contribution >= 0.6 is 11.6 Å². The van der Waals surface area contributed by atoms with E-state index in [0.29, 0.717) is 23.8 Å². The quantitative estimate of drug-likeness (QED) is 0.862. The summed E-state index contributed by atoms with van der Waals surface area (Å²) in [5.74, 6) is -0.736. The van der Waals surface area contributed by atoms with Gasteiger partial charge in [-0.25, -0.2) is 0 Å². The van der Waals surface area contributed by atoms with Crippen LogP contribution in [0.4, 0.5) is 5.69 Å². The predicted octanol–water partition coefficient (Wildman–Crippen LogP) is 1.68. The van der Waals surface area contributed by atoms with Gasteiger partial charge in [0, 0.05) is 23.8 Å². The number of rotatable bonds is 5. The van der Waals surface area contributed by atoms with Crippen LogP contribution in [0.3, 0.4) is 0 Å². The summed E-state index contributed by atoms with van der Waals surface area (Å²) in [7, 11) is 0. The van der Waals surface area contributed by atoms with E-state index in [4.69, 9.17) is 16.7 Å². The SMILES string of the molecule is O=C(O)CC1CN(CC(=O)Nc2cccc(Cl)c2)C1. The number of halogens is 1. The Morgan fingerprint density at radius 1 is 1.42 bits per heavy atom. The number of likely N-dealkylation sites (tertiary alicyclic amines) is 1. The first-order chi connectivity index (χ1) is 9.02. The van der Waals surface area contributed by atoms with Crippen LogP contribution in [-0.4, -0.2) is 41.5 Å². The first-order valence-electron chi connectivity index (χ1n) is 6.02. The van der Waals surface area contributed by atoms with Crippen molar-refractivity contribution in [3.8, 4) is 0 Å². The van der Waals surface area contributed by atoms with Crippen molar-refractivity contribution in [2.45, 2.75) is 6.42 Å². The van der Waals surface area contributed by atoms with E-state index >= 15 is 0 Å². The third-order valence-electron chi connectivity index (χ3n) is 2.97. The van der Waals surface area contributed by atoms with Crippen molar-refractivity contribution < 1.29 is 14.7 Å². The molecule has 19 heavy (non-hydrogen) atoms. The highest BCUT2D eigenvalue weighted by Crippen LogP contribution is 2.19. The average molecular weight is 283 g/mol. The fourth-order valence-corrected chi connectivity index (χ4v) is 2.34. The molecule has 0 unspecified atom stereocenters. The Balaban J connectivity index is 1.73. The Hall–Kier alpha value is -1.59. The lowest BCUT2D eigenvalue weighted by molar-refractivity contribution is -0.139. The summed E-state index contributed by atoms with van der Waals surface area (Å²) in [4.78, 5) is 24.2. The third-order valence-corrected chi connectivity index (χ3v) is 3.21. The standard InChI is InChI=1S/C13H15ClN2O3/c14-10-2-1-3-11(5-10)15-12(17)8-16-6-9(7-16)4-13(18)19/h1-3,5,9H,4,6-8H2,(H,15,17)(H,18,19). The number of amides is 1. The fourth-order valence-electron chi connectivity index (χ4n) is 2.15. The van der Waals surface area contributed by atoms with Crippen LogP contribution in [0.1, 0.15) is 6.42 Å². The van der Waals surface area contributed by atoms with Gasteiger partial charge in [-0.3, -0.25) is 14.5 Å². The average Bonchev–Trinajstić information content (AvgIpc) is 2.25. The maximum absolute atomic E-state index is 11.7. The van der Waals surface area contributed by atoms with Crippen LogP contribution in [-0.2, 0) is 9.59 Å². The van der Waals surface area contributed by atoms with Crippen LogP contribution < -0.4 is 5.32 Å². The third kappa shape index (κ3) is 4.22. The summed E-state index contributed by atoms with van der Waals surface area (Å²) in [6.07, 6.45) is 0.173. The first kappa shape index (κ1) is 13.8. The van der Waals surface area contributed by atoms with Crippen molar-refractivity contribution in [3.05, 3.63) is 29.3 Å². The second kappa shape index (κ2) is 6.04. The molecule has 1 aromatic rings. The number of carboxylic acids is 1. The molecule has 102 valence electrons. The number of aliphatic carboxylic acids is 1. The van der Waals surface area contributed by atoms with Gasteiger partial charge in [-0.2, -0.15) is 0 Å². The summed E-state index contributed by atoms with van der Waals surface area (Å²) in [6.45, 7) is 1.60. The van der Waals surface area contributed by atoms with Gasteiger partial charge in [0.05, 0.1) is 13.0 Å². The zero-order valence-electron chi connectivity index (χ0n) is 10.3. The van der Waals surface area contributed by atoms with E-state index in [9.17, 15) is 9.59 Å². The second-order valence-electron chi connectivity index (χ2n) is 4.72. The zero-order chi connectivity index (χ0) is 13.8.